The van der Waals surface area contributed by atoms with Gasteiger partial charge >= 0.3 is 12.0 Å². The quantitative estimate of drug-likeness (QED) is 0.585. The molecular weight excluding hydrogens is 186 g/mol. The van der Waals surface area contributed by atoms with E-state index in [1.807, 2.05) is 0 Å². The third kappa shape index (κ3) is 1.93. The third-order valence-corrected chi connectivity index (χ3v) is 2.04. The van der Waals surface area contributed by atoms with Crippen LogP contribution in [0.4, 0.5) is 12.0 Å². The Balaban J connectivity index is 1.80. The summed E-state index contributed by atoms with van der Waals surface area (Å²) in [6, 6.07) is 0.329. The van der Waals surface area contributed by atoms with E-state index in [9.17, 15) is 4.79 Å². The van der Waals surface area contributed by atoms with Crippen LogP contribution in [-0.4, -0.2) is 29.2 Å². The molecule has 1 amide bonds. The van der Waals surface area contributed by atoms with E-state index < -0.39 is 0 Å². The standard InChI is InChI=1S/C7H11N5O2/c8-6-11-12-7(14-6)10-3-4-1-5(13)9-2-4/h4H,1-3H2,(H2,8,11)(H,9,13)(H,10,12). The summed E-state index contributed by atoms with van der Waals surface area (Å²) in [5.74, 6) is 0.359. The molecule has 0 aromatic carbocycles. The lowest BCUT2D eigenvalue weighted by atomic mass is 10.1. The average molecular weight is 197 g/mol. The fourth-order valence-electron chi connectivity index (χ4n) is 1.35. The van der Waals surface area contributed by atoms with E-state index in [0.717, 1.165) is 0 Å². The lowest BCUT2D eigenvalue weighted by Crippen LogP contribution is -2.18. The fourth-order valence-corrected chi connectivity index (χ4v) is 1.35. The van der Waals surface area contributed by atoms with Crippen LogP contribution in [0.15, 0.2) is 4.42 Å². The molecule has 7 heteroatoms. The third-order valence-electron chi connectivity index (χ3n) is 2.04. The largest absolute Gasteiger partial charge is 0.390 e. The molecule has 1 aliphatic heterocycles. The zero-order chi connectivity index (χ0) is 9.97. The molecule has 1 fully saturated rings. The van der Waals surface area contributed by atoms with E-state index in [0.29, 0.717) is 25.5 Å². The van der Waals surface area contributed by atoms with Gasteiger partial charge in [0.1, 0.15) is 0 Å². The Bertz CT molecular complexity index is 337. The zero-order valence-electron chi connectivity index (χ0n) is 7.49. The Morgan fingerprint density at radius 1 is 1.64 bits per heavy atom. The monoisotopic (exact) mass is 197 g/mol. The van der Waals surface area contributed by atoms with Crippen LogP contribution in [0.5, 0.6) is 0 Å². The van der Waals surface area contributed by atoms with E-state index in [2.05, 4.69) is 20.8 Å². The summed E-state index contributed by atoms with van der Waals surface area (Å²) in [6.45, 7) is 1.32. The van der Waals surface area contributed by atoms with Gasteiger partial charge in [-0.3, -0.25) is 4.79 Å². The summed E-state index contributed by atoms with van der Waals surface area (Å²) < 4.78 is 4.91. The maximum Gasteiger partial charge on any atom is 0.316 e. The van der Waals surface area contributed by atoms with Crippen LogP contribution in [0.1, 0.15) is 6.42 Å². The van der Waals surface area contributed by atoms with Crippen molar-refractivity contribution in [1.29, 1.82) is 0 Å². The maximum atomic E-state index is 10.9. The van der Waals surface area contributed by atoms with Gasteiger partial charge in [0.05, 0.1) is 0 Å². The van der Waals surface area contributed by atoms with Gasteiger partial charge in [0.2, 0.25) is 5.91 Å². The zero-order valence-corrected chi connectivity index (χ0v) is 7.49. The number of hydrogen-bond donors (Lipinski definition) is 3. The van der Waals surface area contributed by atoms with Gasteiger partial charge in [-0.15, -0.1) is 0 Å². The summed E-state index contributed by atoms with van der Waals surface area (Å²) in [5.41, 5.74) is 5.24. The molecule has 1 atom stereocenters. The van der Waals surface area contributed by atoms with Crippen LogP contribution in [-0.2, 0) is 4.79 Å². The smallest absolute Gasteiger partial charge is 0.316 e. The van der Waals surface area contributed by atoms with Crippen molar-refractivity contribution in [2.24, 2.45) is 5.92 Å². The molecular formula is C7H11N5O2. The molecule has 4 N–H and O–H groups in total. The van der Waals surface area contributed by atoms with Crippen LogP contribution in [0, 0.1) is 5.92 Å². The molecule has 0 bridgehead atoms. The van der Waals surface area contributed by atoms with Crippen molar-refractivity contribution in [3.63, 3.8) is 0 Å². The molecule has 1 unspecified atom stereocenters. The highest BCUT2D eigenvalue weighted by atomic mass is 16.4. The molecule has 1 aliphatic rings. The van der Waals surface area contributed by atoms with E-state index in [1.54, 1.807) is 0 Å². The minimum atomic E-state index is 0.0353. The van der Waals surface area contributed by atoms with Gasteiger partial charge in [-0.1, -0.05) is 10.2 Å². The first-order chi connectivity index (χ1) is 6.74. The van der Waals surface area contributed by atoms with Crippen molar-refractivity contribution in [1.82, 2.24) is 15.5 Å². The van der Waals surface area contributed by atoms with Crippen molar-refractivity contribution in [2.45, 2.75) is 6.42 Å². The SMILES string of the molecule is Nc1nnc(NCC2CNC(=O)C2)o1. The van der Waals surface area contributed by atoms with Crippen LogP contribution in [0.3, 0.4) is 0 Å². The molecule has 0 saturated carbocycles. The molecule has 0 aliphatic carbocycles. The Kier molecular flexibility index (Phi) is 2.21. The number of nitrogens with two attached hydrogens (primary N) is 1. The van der Waals surface area contributed by atoms with Gasteiger partial charge in [0.25, 0.3) is 0 Å². The number of aromatic nitrogens is 2. The summed E-state index contributed by atoms with van der Waals surface area (Å²) in [4.78, 5) is 10.9. The van der Waals surface area contributed by atoms with Crippen LogP contribution in [0.2, 0.25) is 0 Å². The van der Waals surface area contributed by atoms with Crippen molar-refractivity contribution >= 4 is 17.9 Å². The first kappa shape index (κ1) is 8.79. The summed E-state index contributed by atoms with van der Waals surface area (Å²) in [6.07, 6.45) is 0.538. The average Bonchev–Trinajstić information content (AvgIpc) is 2.72. The van der Waals surface area contributed by atoms with E-state index in [-0.39, 0.29) is 17.8 Å². The van der Waals surface area contributed by atoms with Gasteiger partial charge in [0, 0.05) is 25.4 Å². The highest BCUT2D eigenvalue weighted by Gasteiger charge is 2.21. The van der Waals surface area contributed by atoms with Gasteiger partial charge < -0.3 is 20.8 Å². The fraction of sp³-hybridized carbons (Fsp3) is 0.571. The molecule has 0 radical (unpaired) electrons. The van der Waals surface area contributed by atoms with Crippen molar-refractivity contribution in [3.05, 3.63) is 0 Å². The topological polar surface area (TPSA) is 106 Å². The number of nitrogens with one attached hydrogen (secondary N) is 2. The Morgan fingerprint density at radius 3 is 3.07 bits per heavy atom. The van der Waals surface area contributed by atoms with Crippen molar-refractivity contribution in [3.8, 4) is 0 Å². The minimum Gasteiger partial charge on any atom is -0.390 e. The molecule has 2 rings (SSSR count). The predicted molar refractivity (Wildman–Crippen MR) is 48.3 cm³/mol. The first-order valence-electron chi connectivity index (χ1n) is 4.33. The predicted octanol–water partition coefficient (Wildman–Crippen LogP) is -0.800. The van der Waals surface area contributed by atoms with Gasteiger partial charge in [-0.05, 0) is 0 Å². The second-order valence-electron chi connectivity index (χ2n) is 3.20. The second-order valence-corrected chi connectivity index (χ2v) is 3.20. The molecule has 2 heterocycles. The highest BCUT2D eigenvalue weighted by molar-refractivity contribution is 5.78. The van der Waals surface area contributed by atoms with Crippen LogP contribution >= 0.6 is 0 Å². The molecule has 76 valence electrons. The lowest BCUT2D eigenvalue weighted by molar-refractivity contribution is -0.119. The van der Waals surface area contributed by atoms with Crippen LogP contribution < -0.4 is 16.4 Å². The molecule has 7 nitrogen and oxygen atoms in total. The maximum absolute atomic E-state index is 10.9. The number of carbonyl (C=O) groups excluding carboxylic acids is 1. The summed E-state index contributed by atoms with van der Waals surface area (Å²) >= 11 is 0. The normalized spacial score (nSPS) is 20.9. The number of hydrogen-bond acceptors (Lipinski definition) is 6. The number of amides is 1. The lowest BCUT2D eigenvalue weighted by Gasteiger charge is -2.05. The van der Waals surface area contributed by atoms with Crippen molar-refractivity contribution < 1.29 is 9.21 Å². The molecule has 1 aromatic heterocycles. The Labute approximate surface area is 80.1 Å². The molecule has 0 spiro atoms. The number of nitrogens with zero attached hydrogens (tertiary/aromatic N) is 2. The number of rotatable bonds is 3. The Hall–Kier alpha value is -1.79. The molecule has 14 heavy (non-hydrogen) atoms. The Morgan fingerprint density at radius 2 is 2.50 bits per heavy atom. The van der Waals surface area contributed by atoms with Crippen molar-refractivity contribution in [2.75, 3.05) is 24.1 Å². The van der Waals surface area contributed by atoms with Gasteiger partial charge in [-0.25, -0.2) is 0 Å². The van der Waals surface area contributed by atoms with E-state index in [1.165, 1.54) is 0 Å². The minimum absolute atomic E-state index is 0.0353. The molecule has 1 saturated heterocycles. The van der Waals surface area contributed by atoms with E-state index in [4.69, 9.17) is 10.2 Å². The second kappa shape index (κ2) is 3.52. The highest BCUT2D eigenvalue weighted by Crippen LogP contribution is 2.11. The summed E-state index contributed by atoms with van der Waals surface area (Å²) in [7, 11) is 0. The van der Waals surface area contributed by atoms with E-state index >= 15 is 0 Å². The summed E-state index contributed by atoms with van der Waals surface area (Å²) in [5, 5.41) is 12.8. The molecule has 1 aromatic rings. The number of carbonyl (C=O) groups is 1. The van der Waals surface area contributed by atoms with Gasteiger partial charge in [-0.2, -0.15) is 0 Å². The number of anilines is 2. The van der Waals surface area contributed by atoms with Gasteiger partial charge in [0.15, 0.2) is 0 Å². The van der Waals surface area contributed by atoms with Crippen LogP contribution in [0.25, 0.3) is 0 Å². The first-order valence-corrected chi connectivity index (χ1v) is 4.33. The number of nitrogen functional groups attached to an aromatic ring is 1.